The van der Waals surface area contributed by atoms with E-state index in [4.69, 9.17) is 4.42 Å². The Labute approximate surface area is 361 Å². The van der Waals surface area contributed by atoms with Crippen molar-refractivity contribution in [2.24, 2.45) is 0 Å². The zero-order chi connectivity index (χ0) is 41.2. The Hall–Kier alpha value is -8.40. The summed E-state index contributed by atoms with van der Waals surface area (Å²) in [5.41, 5.74) is 13.4. The molecule has 0 N–H and O–H groups in total. The summed E-state index contributed by atoms with van der Waals surface area (Å²) in [5.74, 6) is 0. The summed E-state index contributed by atoms with van der Waals surface area (Å²) in [6, 6.07) is 79.7. The molecule has 0 aliphatic heterocycles. The fourth-order valence-electron chi connectivity index (χ4n) is 10.7. The van der Waals surface area contributed by atoms with Crippen LogP contribution in [0.25, 0.3) is 131 Å². The maximum atomic E-state index is 6.78. The van der Waals surface area contributed by atoms with Crippen LogP contribution in [0.5, 0.6) is 0 Å². The molecule has 0 saturated carbocycles. The van der Waals surface area contributed by atoms with Gasteiger partial charge in [0, 0.05) is 38.3 Å². The van der Waals surface area contributed by atoms with E-state index >= 15 is 0 Å². The van der Waals surface area contributed by atoms with Gasteiger partial charge < -0.3 is 13.6 Å². The van der Waals surface area contributed by atoms with E-state index in [0.29, 0.717) is 0 Å². The molecule has 0 bridgehead atoms. The summed E-state index contributed by atoms with van der Waals surface area (Å²) in [6.07, 6.45) is 0. The Morgan fingerprint density at radius 1 is 0.270 bits per heavy atom. The highest BCUT2D eigenvalue weighted by Crippen LogP contribution is 2.46. The largest absolute Gasteiger partial charge is 0.455 e. The molecule has 0 saturated heterocycles. The molecule has 11 aromatic carbocycles. The van der Waals surface area contributed by atoms with E-state index in [0.717, 1.165) is 49.7 Å². The maximum Gasteiger partial charge on any atom is 0.145 e. The molecule has 292 valence electrons. The number of nitrogens with zero attached hydrogens (tertiary/aromatic N) is 2. The van der Waals surface area contributed by atoms with Gasteiger partial charge in [0.25, 0.3) is 0 Å². The van der Waals surface area contributed by atoms with Crippen LogP contribution in [0.2, 0.25) is 0 Å². The molecule has 0 aliphatic carbocycles. The van der Waals surface area contributed by atoms with Crippen molar-refractivity contribution in [1.29, 1.82) is 0 Å². The number of aromatic nitrogens is 2. The average Bonchev–Trinajstić information content (AvgIpc) is 4.02. The van der Waals surface area contributed by atoms with Crippen LogP contribution in [-0.4, -0.2) is 9.13 Å². The topological polar surface area (TPSA) is 23.0 Å². The molecule has 0 unspecified atom stereocenters. The van der Waals surface area contributed by atoms with E-state index in [1.54, 1.807) is 0 Å². The van der Waals surface area contributed by atoms with E-state index in [9.17, 15) is 0 Å². The fourth-order valence-corrected chi connectivity index (χ4v) is 10.7. The molecule has 63 heavy (non-hydrogen) atoms. The minimum Gasteiger partial charge on any atom is -0.455 e. The molecular weight excluding hydrogens is 765 g/mol. The lowest BCUT2D eigenvalue weighted by Gasteiger charge is -2.13. The molecule has 0 radical (unpaired) electrons. The average molecular weight is 801 g/mol. The molecule has 3 aromatic heterocycles. The van der Waals surface area contributed by atoms with Gasteiger partial charge in [-0.25, -0.2) is 0 Å². The van der Waals surface area contributed by atoms with Crippen LogP contribution in [0.3, 0.4) is 0 Å². The van der Waals surface area contributed by atoms with Gasteiger partial charge in [-0.05, 0) is 121 Å². The minimum atomic E-state index is 0.902. The van der Waals surface area contributed by atoms with Gasteiger partial charge in [-0.3, -0.25) is 0 Å². The van der Waals surface area contributed by atoms with E-state index in [1.165, 1.54) is 81.8 Å². The van der Waals surface area contributed by atoms with E-state index in [1.807, 2.05) is 0 Å². The highest BCUT2D eigenvalue weighted by Gasteiger charge is 2.24. The molecule has 0 amide bonds. The normalized spacial score (nSPS) is 12.1. The molecule has 0 aliphatic rings. The van der Waals surface area contributed by atoms with Crippen LogP contribution in [0, 0.1) is 0 Å². The quantitative estimate of drug-likeness (QED) is 0.163. The van der Waals surface area contributed by atoms with Crippen molar-refractivity contribution < 1.29 is 4.42 Å². The van der Waals surface area contributed by atoms with Crippen LogP contribution in [-0.2, 0) is 0 Å². The van der Waals surface area contributed by atoms with Crippen molar-refractivity contribution in [3.63, 3.8) is 0 Å². The first kappa shape index (κ1) is 34.3. The number of hydrogen-bond donors (Lipinski definition) is 0. The summed E-state index contributed by atoms with van der Waals surface area (Å²) in [4.78, 5) is 0. The predicted molar refractivity (Wildman–Crippen MR) is 266 cm³/mol. The summed E-state index contributed by atoms with van der Waals surface area (Å²) < 4.78 is 11.7. The second-order valence-electron chi connectivity index (χ2n) is 16.8. The fraction of sp³-hybridized carbons (Fsp3) is 0. The summed E-state index contributed by atoms with van der Waals surface area (Å²) in [5, 5.41) is 14.7. The highest BCUT2D eigenvalue weighted by molar-refractivity contribution is 6.31. The van der Waals surface area contributed by atoms with Crippen LogP contribution in [0.4, 0.5) is 0 Å². The smallest absolute Gasteiger partial charge is 0.145 e. The van der Waals surface area contributed by atoms with Crippen LogP contribution < -0.4 is 0 Å². The van der Waals surface area contributed by atoms with Gasteiger partial charge in [0.05, 0.1) is 27.5 Å². The Morgan fingerprint density at radius 3 is 1.57 bits per heavy atom. The zero-order valence-corrected chi connectivity index (χ0v) is 34.1. The lowest BCUT2D eigenvalue weighted by Crippen LogP contribution is -1.96. The zero-order valence-electron chi connectivity index (χ0n) is 34.1. The number of benzene rings is 11. The highest BCUT2D eigenvalue weighted by atomic mass is 16.3. The molecule has 0 spiro atoms. The third-order valence-electron chi connectivity index (χ3n) is 13.5. The standard InChI is InChI=1S/C60H36N2O/c1-2-13-37(14-3-1)38-25-28-41(29-26-38)62-55-33-31-49-48-21-9-11-24-56(48)63-60(49)58(55)51-32-34-54-57(59(51)62)50-22-8-10-23-53(50)61(54)42-16-12-15-39(35-42)40-27-30-47-45-19-5-4-17-43(45)44-18-6-7-20-46(44)52(47)36-40/h1-36H. The van der Waals surface area contributed by atoms with Gasteiger partial charge >= 0.3 is 0 Å². The number of fused-ring (bicyclic) bond motifs is 17. The van der Waals surface area contributed by atoms with E-state index in [2.05, 4.69) is 228 Å². The van der Waals surface area contributed by atoms with E-state index in [-0.39, 0.29) is 0 Å². The van der Waals surface area contributed by atoms with Crippen molar-refractivity contribution in [1.82, 2.24) is 9.13 Å². The lowest BCUT2D eigenvalue weighted by atomic mass is 9.92. The first-order valence-corrected chi connectivity index (χ1v) is 21.7. The molecule has 0 atom stereocenters. The van der Waals surface area contributed by atoms with Crippen LogP contribution >= 0.6 is 0 Å². The molecular formula is C60H36N2O. The third-order valence-corrected chi connectivity index (χ3v) is 13.5. The van der Waals surface area contributed by atoms with Gasteiger partial charge in [0.1, 0.15) is 11.2 Å². The third kappa shape index (κ3) is 4.90. The summed E-state index contributed by atoms with van der Waals surface area (Å²) in [7, 11) is 0. The van der Waals surface area contributed by atoms with Gasteiger partial charge in [0.15, 0.2) is 0 Å². The number of hydrogen-bond acceptors (Lipinski definition) is 1. The number of rotatable bonds is 4. The van der Waals surface area contributed by atoms with Gasteiger partial charge in [-0.15, -0.1) is 0 Å². The van der Waals surface area contributed by atoms with Crippen LogP contribution in [0.15, 0.2) is 223 Å². The van der Waals surface area contributed by atoms with Crippen molar-refractivity contribution in [2.45, 2.75) is 0 Å². The van der Waals surface area contributed by atoms with Crippen LogP contribution in [0.1, 0.15) is 0 Å². The second kappa shape index (κ2) is 13.1. The summed E-state index contributed by atoms with van der Waals surface area (Å²) in [6.45, 7) is 0. The number of para-hydroxylation sites is 2. The minimum absolute atomic E-state index is 0.902. The van der Waals surface area contributed by atoms with Crippen molar-refractivity contribution in [2.75, 3.05) is 0 Å². The van der Waals surface area contributed by atoms with Gasteiger partial charge in [-0.2, -0.15) is 0 Å². The summed E-state index contributed by atoms with van der Waals surface area (Å²) >= 11 is 0. The van der Waals surface area contributed by atoms with Gasteiger partial charge in [-0.1, -0.05) is 152 Å². The molecule has 14 aromatic rings. The molecule has 3 heteroatoms. The lowest BCUT2D eigenvalue weighted by molar-refractivity contribution is 0.673. The Kier molecular flexibility index (Phi) is 7.11. The SMILES string of the molecule is c1ccc(-c2ccc(-n3c4ccc5c6ccccc6oc5c4c4ccc5c(c6ccccc6n5-c5cccc(-c6ccc7c8ccccc8c8ccccc8c7c6)c5)c43)cc2)cc1. The van der Waals surface area contributed by atoms with Crippen molar-refractivity contribution in [3.05, 3.63) is 218 Å². The molecule has 3 heterocycles. The maximum absolute atomic E-state index is 6.78. The van der Waals surface area contributed by atoms with E-state index < -0.39 is 0 Å². The van der Waals surface area contributed by atoms with Crippen molar-refractivity contribution >= 4 is 97.9 Å². The number of furan rings is 1. The first-order chi connectivity index (χ1) is 31.3. The first-order valence-electron chi connectivity index (χ1n) is 21.7. The van der Waals surface area contributed by atoms with Crippen molar-refractivity contribution in [3.8, 4) is 33.6 Å². The molecule has 0 fully saturated rings. The molecule has 3 nitrogen and oxygen atoms in total. The monoisotopic (exact) mass is 800 g/mol. The molecule has 14 rings (SSSR count). The van der Waals surface area contributed by atoms with Gasteiger partial charge in [0.2, 0.25) is 0 Å². The Morgan fingerprint density at radius 2 is 0.810 bits per heavy atom. The second-order valence-corrected chi connectivity index (χ2v) is 16.8. The Balaban J connectivity index is 1.03. The predicted octanol–water partition coefficient (Wildman–Crippen LogP) is 16.6. The Bertz CT molecular complexity index is 4150.